The van der Waals surface area contributed by atoms with Gasteiger partial charge in [-0.25, -0.2) is 0 Å². The number of hydrogen-bond donors (Lipinski definition) is 5. The van der Waals surface area contributed by atoms with Crippen molar-refractivity contribution in [3.63, 3.8) is 0 Å². The zero-order chi connectivity index (χ0) is 11.2. The van der Waals surface area contributed by atoms with Crippen molar-refractivity contribution in [2.75, 3.05) is 13.2 Å². The van der Waals surface area contributed by atoms with E-state index in [4.69, 9.17) is 5.11 Å². The Labute approximate surface area is 87.4 Å². The number of hydrogen-bond acceptors (Lipinski definition) is 6. The van der Waals surface area contributed by atoms with Gasteiger partial charge in [0.05, 0.1) is 37.1 Å². The van der Waals surface area contributed by atoms with E-state index in [2.05, 4.69) is 0 Å². The highest BCUT2D eigenvalue weighted by molar-refractivity contribution is 5.05. The molecule has 0 radical (unpaired) electrons. The fourth-order valence-electron chi connectivity index (χ4n) is 2.59. The Morgan fingerprint density at radius 1 is 1.00 bits per heavy atom. The SMILES string of the molecule is OC[C@@H]1[C@@H](O)[C@H](O)[C@H]2C[C@H](O)[C@H](O)CN12. The van der Waals surface area contributed by atoms with Gasteiger partial charge in [-0.3, -0.25) is 4.90 Å². The van der Waals surface area contributed by atoms with Crippen LogP contribution >= 0.6 is 0 Å². The van der Waals surface area contributed by atoms with Crippen molar-refractivity contribution < 1.29 is 25.5 Å². The number of nitrogens with zero attached hydrogens (tertiary/aromatic N) is 1. The maximum atomic E-state index is 9.70. The van der Waals surface area contributed by atoms with Crippen LogP contribution in [0.5, 0.6) is 0 Å². The Balaban J connectivity index is 2.16. The predicted molar refractivity (Wildman–Crippen MR) is 50.0 cm³/mol. The maximum Gasteiger partial charge on any atom is 0.0991 e. The van der Waals surface area contributed by atoms with Crippen LogP contribution < -0.4 is 0 Å². The number of rotatable bonds is 1. The third-order valence-electron chi connectivity index (χ3n) is 3.50. The van der Waals surface area contributed by atoms with Gasteiger partial charge in [-0.1, -0.05) is 0 Å². The molecule has 15 heavy (non-hydrogen) atoms. The summed E-state index contributed by atoms with van der Waals surface area (Å²) in [7, 11) is 0. The van der Waals surface area contributed by atoms with Crippen LogP contribution in [-0.2, 0) is 0 Å². The van der Waals surface area contributed by atoms with E-state index < -0.39 is 30.5 Å². The van der Waals surface area contributed by atoms with Crippen LogP contribution in [0.4, 0.5) is 0 Å². The summed E-state index contributed by atoms with van der Waals surface area (Å²) in [4.78, 5) is 1.67. The largest absolute Gasteiger partial charge is 0.395 e. The average molecular weight is 219 g/mol. The molecule has 0 amide bonds. The van der Waals surface area contributed by atoms with Crippen molar-refractivity contribution in [3.8, 4) is 0 Å². The molecule has 2 fully saturated rings. The molecule has 0 bridgehead atoms. The van der Waals surface area contributed by atoms with Gasteiger partial charge in [-0.15, -0.1) is 0 Å². The summed E-state index contributed by atoms with van der Waals surface area (Å²) in [6.45, 7) is -0.0945. The summed E-state index contributed by atoms with van der Waals surface area (Å²) in [5.74, 6) is 0. The molecule has 0 aromatic rings. The molecular formula is C9H17NO5. The third kappa shape index (κ3) is 1.67. The summed E-state index contributed by atoms with van der Waals surface area (Å²) in [6, 6.07) is -0.928. The van der Waals surface area contributed by atoms with Crippen LogP contribution in [0.25, 0.3) is 0 Å². The molecule has 0 spiro atoms. The van der Waals surface area contributed by atoms with Gasteiger partial charge >= 0.3 is 0 Å². The molecule has 2 aliphatic rings. The lowest BCUT2D eigenvalue weighted by Gasteiger charge is -2.38. The van der Waals surface area contributed by atoms with Gasteiger partial charge in [-0.05, 0) is 6.42 Å². The minimum atomic E-state index is -1.02. The van der Waals surface area contributed by atoms with Crippen LogP contribution in [0.15, 0.2) is 0 Å². The number of fused-ring (bicyclic) bond motifs is 1. The van der Waals surface area contributed by atoms with Crippen LogP contribution in [-0.4, -0.2) is 80.1 Å². The van der Waals surface area contributed by atoms with Crippen molar-refractivity contribution in [2.24, 2.45) is 0 Å². The molecule has 0 aliphatic carbocycles. The molecule has 0 saturated carbocycles. The number of piperidine rings is 1. The molecule has 0 unspecified atom stereocenters. The van der Waals surface area contributed by atoms with Crippen molar-refractivity contribution >= 4 is 0 Å². The van der Waals surface area contributed by atoms with Gasteiger partial charge in [0.15, 0.2) is 0 Å². The fourth-order valence-corrected chi connectivity index (χ4v) is 2.59. The first-order valence-electron chi connectivity index (χ1n) is 5.15. The van der Waals surface area contributed by atoms with Gasteiger partial charge in [0.25, 0.3) is 0 Å². The van der Waals surface area contributed by atoms with Gasteiger partial charge in [-0.2, -0.15) is 0 Å². The van der Waals surface area contributed by atoms with Gasteiger partial charge < -0.3 is 25.5 Å². The summed E-state index contributed by atoms with van der Waals surface area (Å²) in [6.07, 6.45) is -3.52. The molecule has 2 saturated heterocycles. The standard InChI is InChI=1S/C9H17NO5/c11-3-5-9(15)8(14)4-1-6(12)7(13)2-10(4)5/h4-9,11-15H,1-3H2/t4-,5-,6+,7-,8-,9-/m1/s1. The van der Waals surface area contributed by atoms with Crippen molar-refractivity contribution in [1.82, 2.24) is 4.90 Å². The Bertz CT molecular complexity index is 239. The lowest BCUT2D eigenvalue weighted by Crippen LogP contribution is -2.54. The molecule has 6 nitrogen and oxygen atoms in total. The van der Waals surface area contributed by atoms with E-state index in [0.29, 0.717) is 0 Å². The Kier molecular flexibility index (Phi) is 2.98. The molecule has 6 heteroatoms. The van der Waals surface area contributed by atoms with E-state index >= 15 is 0 Å². The van der Waals surface area contributed by atoms with E-state index in [1.54, 1.807) is 4.90 Å². The molecule has 88 valence electrons. The van der Waals surface area contributed by atoms with Crippen molar-refractivity contribution in [3.05, 3.63) is 0 Å². The highest BCUT2D eigenvalue weighted by Crippen LogP contribution is 2.32. The van der Waals surface area contributed by atoms with Gasteiger partial charge in [0.2, 0.25) is 0 Å². The number of aliphatic hydroxyl groups is 5. The summed E-state index contributed by atoms with van der Waals surface area (Å²) >= 11 is 0. The first kappa shape index (κ1) is 11.3. The topological polar surface area (TPSA) is 104 Å². The third-order valence-corrected chi connectivity index (χ3v) is 3.50. The average Bonchev–Trinajstić information content (AvgIpc) is 2.42. The molecule has 0 aromatic carbocycles. The lowest BCUT2D eigenvalue weighted by atomic mass is 9.96. The molecule has 5 N–H and O–H groups in total. The Morgan fingerprint density at radius 3 is 2.27 bits per heavy atom. The molecule has 0 aromatic heterocycles. The summed E-state index contributed by atoms with van der Waals surface area (Å²) in [5, 5.41) is 47.4. The van der Waals surface area contributed by atoms with Crippen molar-refractivity contribution in [1.29, 1.82) is 0 Å². The zero-order valence-electron chi connectivity index (χ0n) is 8.27. The summed E-state index contributed by atoms with van der Waals surface area (Å²) in [5.41, 5.74) is 0. The quantitative estimate of drug-likeness (QED) is 0.319. The molecule has 2 heterocycles. The van der Waals surface area contributed by atoms with Crippen LogP contribution in [0.2, 0.25) is 0 Å². The normalized spacial score (nSPS) is 51.8. The van der Waals surface area contributed by atoms with Crippen LogP contribution in [0, 0.1) is 0 Å². The van der Waals surface area contributed by atoms with E-state index in [0.717, 1.165) is 0 Å². The smallest absolute Gasteiger partial charge is 0.0991 e. The minimum absolute atomic E-state index is 0.172. The molecular weight excluding hydrogens is 202 g/mol. The predicted octanol–water partition coefficient (Wildman–Crippen LogP) is -3.12. The second kappa shape index (κ2) is 3.97. The van der Waals surface area contributed by atoms with E-state index in [9.17, 15) is 20.4 Å². The maximum absolute atomic E-state index is 9.70. The minimum Gasteiger partial charge on any atom is -0.395 e. The number of aliphatic hydroxyl groups excluding tert-OH is 5. The van der Waals surface area contributed by atoms with E-state index in [1.807, 2.05) is 0 Å². The highest BCUT2D eigenvalue weighted by atomic mass is 16.3. The van der Waals surface area contributed by atoms with Crippen molar-refractivity contribution in [2.45, 2.75) is 42.9 Å². The first-order valence-corrected chi connectivity index (χ1v) is 5.15. The Morgan fingerprint density at radius 2 is 1.67 bits per heavy atom. The van der Waals surface area contributed by atoms with E-state index in [1.165, 1.54) is 0 Å². The van der Waals surface area contributed by atoms with E-state index in [-0.39, 0.29) is 25.6 Å². The fraction of sp³-hybridized carbons (Fsp3) is 1.00. The first-order chi connectivity index (χ1) is 7.06. The molecule has 2 rings (SSSR count). The van der Waals surface area contributed by atoms with Crippen LogP contribution in [0.1, 0.15) is 6.42 Å². The Hall–Kier alpha value is -0.240. The molecule has 6 atom stereocenters. The van der Waals surface area contributed by atoms with Crippen LogP contribution in [0.3, 0.4) is 0 Å². The second-order valence-electron chi connectivity index (χ2n) is 4.37. The van der Waals surface area contributed by atoms with Gasteiger partial charge in [0.1, 0.15) is 0 Å². The highest BCUT2D eigenvalue weighted by Gasteiger charge is 2.51. The summed E-state index contributed by atoms with van der Waals surface area (Å²) < 4.78 is 0. The second-order valence-corrected chi connectivity index (χ2v) is 4.37. The zero-order valence-corrected chi connectivity index (χ0v) is 8.27. The molecule has 2 aliphatic heterocycles. The lowest BCUT2D eigenvalue weighted by molar-refractivity contribution is -0.0747. The van der Waals surface area contributed by atoms with Gasteiger partial charge in [0, 0.05) is 12.6 Å². The monoisotopic (exact) mass is 219 g/mol.